The molecule has 0 spiro atoms. The number of sulfone groups is 1. The van der Waals surface area contributed by atoms with Crippen molar-refractivity contribution in [1.82, 2.24) is 0 Å². The molecular formula is C22H14N2O3S. The number of fused-ring (bicyclic) bond motifs is 1. The molecule has 0 saturated heterocycles. The van der Waals surface area contributed by atoms with E-state index in [1.54, 1.807) is 77.7 Å². The van der Waals surface area contributed by atoms with Gasteiger partial charge in [0.25, 0.3) is 0 Å². The highest BCUT2D eigenvalue weighted by Gasteiger charge is 2.35. The van der Waals surface area contributed by atoms with Crippen LogP contribution in [0.2, 0.25) is 0 Å². The average molecular weight is 386 g/mol. The van der Waals surface area contributed by atoms with Gasteiger partial charge in [-0.2, -0.15) is 5.26 Å². The summed E-state index contributed by atoms with van der Waals surface area (Å²) in [5, 5.41) is 9.01. The minimum absolute atomic E-state index is 0.0705. The normalized spacial score (nSPS) is 14.5. The third-order valence-electron chi connectivity index (χ3n) is 4.48. The van der Waals surface area contributed by atoms with E-state index in [9.17, 15) is 13.2 Å². The van der Waals surface area contributed by atoms with Crippen molar-refractivity contribution in [3.63, 3.8) is 0 Å². The van der Waals surface area contributed by atoms with Crippen LogP contribution < -0.4 is 4.90 Å². The zero-order valence-electron chi connectivity index (χ0n) is 14.6. The van der Waals surface area contributed by atoms with Crippen molar-refractivity contribution in [1.29, 1.82) is 5.26 Å². The summed E-state index contributed by atoms with van der Waals surface area (Å²) < 4.78 is 26.3. The van der Waals surface area contributed by atoms with E-state index in [2.05, 4.69) is 6.07 Å². The Labute approximate surface area is 162 Å². The maximum Gasteiger partial charge on any atom is 0.214 e. The van der Waals surface area contributed by atoms with Crippen LogP contribution in [0, 0.1) is 11.3 Å². The number of carbonyl (C=O) groups excluding carboxylic acids is 1. The second-order valence-electron chi connectivity index (χ2n) is 6.19. The predicted octanol–water partition coefficient (Wildman–Crippen LogP) is 4.21. The summed E-state index contributed by atoms with van der Waals surface area (Å²) in [6.45, 7) is 0. The number of allylic oxidation sites excluding steroid dienone is 1. The lowest BCUT2D eigenvalue weighted by molar-refractivity contribution is 0.104. The highest BCUT2D eigenvalue weighted by atomic mass is 32.2. The molecule has 0 aliphatic carbocycles. The highest BCUT2D eigenvalue weighted by molar-refractivity contribution is 7.96. The molecule has 1 aliphatic rings. The number of ketones is 1. The first-order valence-electron chi connectivity index (χ1n) is 8.47. The molecule has 0 fully saturated rings. The molecule has 0 N–H and O–H groups in total. The van der Waals surface area contributed by atoms with Crippen molar-refractivity contribution in [3.05, 3.63) is 101 Å². The Morgan fingerprint density at radius 1 is 0.857 bits per heavy atom. The molecule has 3 aromatic carbocycles. The Morgan fingerprint density at radius 3 is 2.18 bits per heavy atom. The quantitative estimate of drug-likeness (QED) is 0.630. The molecule has 6 heteroatoms. The van der Waals surface area contributed by atoms with Crippen LogP contribution >= 0.6 is 0 Å². The number of para-hydroxylation sites is 1. The monoisotopic (exact) mass is 386 g/mol. The summed E-state index contributed by atoms with van der Waals surface area (Å²) in [5.74, 6) is -0.561. The van der Waals surface area contributed by atoms with Crippen molar-refractivity contribution in [2.45, 2.75) is 4.90 Å². The molecule has 1 aliphatic heterocycles. The molecule has 0 bridgehead atoms. The summed E-state index contributed by atoms with van der Waals surface area (Å²) in [6.07, 6.45) is 1.36. The van der Waals surface area contributed by atoms with Crippen molar-refractivity contribution >= 4 is 27.0 Å². The SMILES string of the molecule is N#Cc1ccc(N2C=C(C(=O)c3ccccc3)S(=O)(=O)c3ccccc32)cc1. The van der Waals surface area contributed by atoms with Crippen LogP contribution in [0.25, 0.3) is 0 Å². The third-order valence-corrected chi connectivity index (χ3v) is 6.28. The van der Waals surface area contributed by atoms with Crippen LogP contribution in [0.15, 0.2) is 94.9 Å². The fourth-order valence-electron chi connectivity index (χ4n) is 3.08. The topological polar surface area (TPSA) is 78.2 Å². The van der Waals surface area contributed by atoms with Gasteiger partial charge in [0.2, 0.25) is 15.6 Å². The Balaban J connectivity index is 1.91. The van der Waals surface area contributed by atoms with Crippen molar-refractivity contribution in [2.24, 2.45) is 0 Å². The molecule has 4 rings (SSSR count). The third kappa shape index (κ3) is 2.88. The zero-order valence-corrected chi connectivity index (χ0v) is 15.4. The lowest BCUT2D eigenvalue weighted by Gasteiger charge is -2.28. The molecular weight excluding hydrogens is 372 g/mol. The Hall–Kier alpha value is -3.69. The number of Topliss-reactive ketones (excluding diaryl/α,β-unsaturated/α-hetero) is 1. The van der Waals surface area contributed by atoms with Gasteiger partial charge in [-0.1, -0.05) is 42.5 Å². The molecule has 0 amide bonds. The maximum atomic E-state index is 13.1. The van der Waals surface area contributed by atoms with E-state index in [0.29, 0.717) is 22.5 Å². The molecule has 0 atom stereocenters. The van der Waals surface area contributed by atoms with Gasteiger partial charge in [-0.3, -0.25) is 4.79 Å². The summed E-state index contributed by atoms with van der Waals surface area (Å²) in [6, 6.07) is 23.6. The van der Waals surface area contributed by atoms with E-state index < -0.39 is 15.6 Å². The molecule has 5 nitrogen and oxygen atoms in total. The number of benzene rings is 3. The average Bonchev–Trinajstić information content (AvgIpc) is 2.74. The summed E-state index contributed by atoms with van der Waals surface area (Å²) >= 11 is 0. The molecule has 1 heterocycles. The van der Waals surface area contributed by atoms with Crippen LogP contribution in [-0.2, 0) is 9.84 Å². The minimum Gasteiger partial charge on any atom is -0.314 e. The van der Waals surface area contributed by atoms with Gasteiger partial charge in [0, 0.05) is 17.5 Å². The molecule has 28 heavy (non-hydrogen) atoms. The number of anilines is 2. The van der Waals surface area contributed by atoms with Crippen LogP contribution in [0.3, 0.4) is 0 Å². The Kier molecular flexibility index (Phi) is 4.30. The molecule has 3 aromatic rings. The van der Waals surface area contributed by atoms with Crippen LogP contribution in [0.5, 0.6) is 0 Å². The molecule has 0 aromatic heterocycles. The maximum absolute atomic E-state index is 13.1. The highest BCUT2D eigenvalue weighted by Crippen LogP contribution is 2.40. The van der Waals surface area contributed by atoms with Gasteiger partial charge in [-0.25, -0.2) is 8.42 Å². The van der Waals surface area contributed by atoms with Gasteiger partial charge in [0.15, 0.2) is 0 Å². The smallest absolute Gasteiger partial charge is 0.214 e. The zero-order chi connectivity index (χ0) is 19.7. The fourth-order valence-corrected chi connectivity index (χ4v) is 4.62. The van der Waals surface area contributed by atoms with Gasteiger partial charge in [-0.15, -0.1) is 0 Å². The van der Waals surface area contributed by atoms with E-state index in [0.717, 1.165) is 0 Å². The van der Waals surface area contributed by atoms with Gasteiger partial charge in [0.1, 0.15) is 4.91 Å². The first-order valence-corrected chi connectivity index (χ1v) is 9.96. The fraction of sp³-hybridized carbons (Fsp3) is 0. The first kappa shape index (κ1) is 17.7. The summed E-state index contributed by atoms with van der Waals surface area (Å²) in [4.78, 5) is 14.4. The largest absolute Gasteiger partial charge is 0.314 e. The van der Waals surface area contributed by atoms with Crippen LogP contribution in [0.4, 0.5) is 11.4 Å². The van der Waals surface area contributed by atoms with Crippen LogP contribution in [0.1, 0.15) is 15.9 Å². The number of hydrogen-bond acceptors (Lipinski definition) is 5. The van der Waals surface area contributed by atoms with Gasteiger partial charge in [0.05, 0.1) is 22.2 Å². The van der Waals surface area contributed by atoms with E-state index in [1.165, 1.54) is 12.3 Å². The second-order valence-corrected chi connectivity index (χ2v) is 8.07. The molecule has 0 saturated carbocycles. The minimum atomic E-state index is -3.97. The van der Waals surface area contributed by atoms with E-state index in [-0.39, 0.29) is 9.80 Å². The number of nitrogens with zero attached hydrogens (tertiary/aromatic N) is 2. The predicted molar refractivity (Wildman–Crippen MR) is 106 cm³/mol. The Bertz CT molecular complexity index is 1240. The van der Waals surface area contributed by atoms with Gasteiger partial charge in [-0.05, 0) is 36.4 Å². The molecule has 0 unspecified atom stereocenters. The summed E-state index contributed by atoms with van der Waals surface area (Å²) in [7, 11) is -3.97. The molecule has 136 valence electrons. The first-order chi connectivity index (χ1) is 13.5. The number of rotatable bonds is 3. The summed E-state index contributed by atoms with van der Waals surface area (Å²) in [5.41, 5.74) is 1.90. The van der Waals surface area contributed by atoms with Crippen molar-refractivity contribution in [3.8, 4) is 6.07 Å². The number of nitriles is 1. The lowest BCUT2D eigenvalue weighted by atomic mass is 10.1. The Morgan fingerprint density at radius 2 is 1.50 bits per heavy atom. The van der Waals surface area contributed by atoms with Crippen LogP contribution in [-0.4, -0.2) is 14.2 Å². The lowest BCUT2D eigenvalue weighted by Crippen LogP contribution is -2.25. The van der Waals surface area contributed by atoms with Crippen molar-refractivity contribution < 1.29 is 13.2 Å². The van der Waals surface area contributed by atoms with E-state index in [1.807, 2.05) is 0 Å². The standard InChI is InChI=1S/C22H14N2O3S/c23-14-16-10-12-18(13-11-16)24-15-21(22(25)17-6-2-1-3-7-17)28(26,27)20-9-5-4-8-19(20)24/h1-13,15H. The second kappa shape index (κ2) is 6.80. The van der Waals surface area contributed by atoms with Gasteiger partial charge < -0.3 is 4.90 Å². The van der Waals surface area contributed by atoms with E-state index in [4.69, 9.17) is 5.26 Å². The number of hydrogen-bond donors (Lipinski definition) is 0. The van der Waals surface area contributed by atoms with Gasteiger partial charge >= 0.3 is 0 Å². The molecule has 0 radical (unpaired) electrons. The van der Waals surface area contributed by atoms with E-state index >= 15 is 0 Å². The van der Waals surface area contributed by atoms with Crippen molar-refractivity contribution in [2.75, 3.05) is 4.90 Å². The number of carbonyl (C=O) groups is 1.